The molecule has 2 N–H and O–H groups in total. The van der Waals surface area contributed by atoms with E-state index in [1.165, 1.54) is 11.1 Å². The topological polar surface area (TPSA) is 59.0 Å². The lowest BCUT2D eigenvalue weighted by Crippen LogP contribution is -2.35. The van der Waals surface area contributed by atoms with E-state index in [0.29, 0.717) is 0 Å². The largest absolute Gasteiger partial charge is 0.334 e. The maximum Gasteiger partial charge on any atom is 0.334 e. The average molecular weight is 292 g/mol. The van der Waals surface area contributed by atoms with E-state index in [4.69, 9.17) is 0 Å². The fourth-order valence-electron chi connectivity index (χ4n) is 3.06. The van der Waals surface area contributed by atoms with Crippen molar-refractivity contribution < 1.29 is 4.79 Å². The van der Waals surface area contributed by atoms with Gasteiger partial charge in [0.05, 0.1) is 17.1 Å². The summed E-state index contributed by atoms with van der Waals surface area (Å²) in [5.41, 5.74) is 7.10. The predicted molar refractivity (Wildman–Crippen MR) is 85.1 cm³/mol. The highest BCUT2D eigenvalue weighted by Gasteiger charge is 2.23. The molecule has 1 aromatic heterocycles. The molecule has 1 unspecified atom stereocenters. The second-order valence-corrected chi connectivity index (χ2v) is 5.48. The number of imidazole rings is 1. The normalized spacial score (nSPS) is 16.5. The first kappa shape index (κ1) is 12.9. The van der Waals surface area contributed by atoms with E-state index >= 15 is 0 Å². The van der Waals surface area contributed by atoms with Gasteiger partial charge in [-0.05, 0) is 36.1 Å². The molecule has 1 aliphatic rings. The van der Waals surface area contributed by atoms with Crippen molar-refractivity contribution in [3.05, 3.63) is 66.0 Å². The summed E-state index contributed by atoms with van der Waals surface area (Å²) < 4.78 is 1.64. The molecule has 0 aliphatic heterocycles. The van der Waals surface area contributed by atoms with Crippen LogP contribution in [0.3, 0.4) is 0 Å². The molecule has 1 heterocycles. The van der Waals surface area contributed by atoms with E-state index in [1.54, 1.807) is 11.0 Å². The highest BCUT2D eigenvalue weighted by atomic mass is 16.2. The Kier molecular flexibility index (Phi) is 3.04. The number of carbonyl (C=O) groups is 1. The fraction of sp³-hybridized carbons (Fsp3) is 0.176. The Morgan fingerprint density at radius 2 is 1.95 bits per heavy atom. The fourth-order valence-corrected chi connectivity index (χ4v) is 3.06. The van der Waals surface area contributed by atoms with Gasteiger partial charge in [0.2, 0.25) is 0 Å². The van der Waals surface area contributed by atoms with E-state index in [2.05, 4.69) is 27.9 Å². The molecule has 22 heavy (non-hydrogen) atoms. The van der Waals surface area contributed by atoms with Crippen molar-refractivity contribution in [1.29, 1.82) is 0 Å². The highest BCUT2D eigenvalue weighted by molar-refractivity contribution is 5.85. The van der Waals surface area contributed by atoms with E-state index in [1.807, 2.05) is 36.4 Å². The van der Waals surface area contributed by atoms with E-state index in [0.717, 1.165) is 23.9 Å². The van der Waals surface area contributed by atoms with Crippen LogP contribution in [0, 0.1) is 0 Å². The Labute approximate surface area is 127 Å². The summed E-state index contributed by atoms with van der Waals surface area (Å²) in [6.45, 7) is 0. The number of hydrogen-bond acceptors (Lipinski definition) is 2. The van der Waals surface area contributed by atoms with Crippen molar-refractivity contribution >= 4 is 17.1 Å². The summed E-state index contributed by atoms with van der Waals surface area (Å²) in [5, 5.41) is 3.04. The third-order valence-corrected chi connectivity index (χ3v) is 4.11. The zero-order valence-corrected chi connectivity index (χ0v) is 12.0. The second kappa shape index (κ2) is 5.18. The van der Waals surface area contributed by atoms with Crippen LogP contribution in [-0.2, 0) is 6.42 Å². The summed E-state index contributed by atoms with van der Waals surface area (Å²) in [6.07, 6.45) is 3.57. The first-order valence-electron chi connectivity index (χ1n) is 7.39. The van der Waals surface area contributed by atoms with Crippen molar-refractivity contribution in [1.82, 2.24) is 15.0 Å². The van der Waals surface area contributed by atoms with Crippen molar-refractivity contribution in [2.75, 3.05) is 5.43 Å². The molecule has 3 aromatic rings. The zero-order chi connectivity index (χ0) is 14.9. The van der Waals surface area contributed by atoms with Gasteiger partial charge in [-0.3, -0.25) is 0 Å². The van der Waals surface area contributed by atoms with Crippen LogP contribution in [0.5, 0.6) is 0 Å². The maximum absolute atomic E-state index is 12.2. The molecule has 0 fully saturated rings. The number of aromatic nitrogens is 2. The molecule has 0 bridgehead atoms. The van der Waals surface area contributed by atoms with Gasteiger partial charge in [-0.2, -0.15) is 0 Å². The summed E-state index contributed by atoms with van der Waals surface area (Å²) in [5.74, 6) is 0. The molecule has 110 valence electrons. The highest BCUT2D eigenvalue weighted by Crippen LogP contribution is 2.30. The molecular weight excluding hydrogens is 276 g/mol. The van der Waals surface area contributed by atoms with Gasteiger partial charge in [0.25, 0.3) is 0 Å². The average Bonchev–Trinajstić information content (AvgIpc) is 3.13. The number of nitrogens with zero attached hydrogens (tertiary/aromatic N) is 2. The lowest BCUT2D eigenvalue weighted by atomic mass is 10.1. The monoisotopic (exact) mass is 292 g/mol. The molecule has 2 amide bonds. The summed E-state index contributed by atoms with van der Waals surface area (Å²) in [6, 6.07) is 15.8. The third kappa shape index (κ3) is 2.20. The van der Waals surface area contributed by atoms with Gasteiger partial charge < -0.3 is 5.32 Å². The van der Waals surface area contributed by atoms with Crippen molar-refractivity contribution in [2.24, 2.45) is 0 Å². The van der Waals surface area contributed by atoms with Crippen LogP contribution < -0.4 is 10.7 Å². The quantitative estimate of drug-likeness (QED) is 0.763. The van der Waals surface area contributed by atoms with Gasteiger partial charge >= 0.3 is 6.03 Å². The maximum atomic E-state index is 12.2. The number of carbonyl (C=O) groups excluding carboxylic acids is 1. The van der Waals surface area contributed by atoms with E-state index in [9.17, 15) is 4.79 Å². The Balaban J connectivity index is 1.50. The Morgan fingerprint density at radius 1 is 1.14 bits per heavy atom. The summed E-state index contributed by atoms with van der Waals surface area (Å²) >= 11 is 0. The third-order valence-electron chi connectivity index (χ3n) is 4.11. The van der Waals surface area contributed by atoms with Crippen molar-refractivity contribution in [3.8, 4) is 0 Å². The Hall–Kier alpha value is -2.82. The van der Waals surface area contributed by atoms with Crippen LogP contribution in [-0.4, -0.2) is 15.7 Å². The number of urea groups is 1. The molecule has 5 heteroatoms. The number of fused-ring (bicyclic) bond motifs is 2. The lowest BCUT2D eigenvalue weighted by molar-refractivity contribution is 0.246. The number of nitrogens with one attached hydrogen (secondary N) is 2. The minimum Gasteiger partial charge on any atom is -0.330 e. The predicted octanol–water partition coefficient (Wildman–Crippen LogP) is 2.98. The van der Waals surface area contributed by atoms with Crippen LogP contribution >= 0.6 is 0 Å². The molecule has 4 rings (SSSR count). The van der Waals surface area contributed by atoms with Crippen LogP contribution in [0.15, 0.2) is 54.9 Å². The first-order valence-corrected chi connectivity index (χ1v) is 7.39. The second-order valence-electron chi connectivity index (χ2n) is 5.48. The number of rotatable bonds is 2. The van der Waals surface area contributed by atoms with Gasteiger partial charge in [0.15, 0.2) is 0 Å². The minimum absolute atomic E-state index is 0.0750. The Bertz CT molecular complexity index is 839. The standard InChI is InChI=1S/C17H16N4O/c22-17(19-14-10-9-12-5-1-2-6-13(12)14)20-21-11-18-15-7-3-4-8-16(15)21/h1-8,11,14H,9-10H2,(H2,19,20,22). The SMILES string of the molecule is O=C(NC1CCc2ccccc21)Nn1cnc2ccccc21. The van der Waals surface area contributed by atoms with Gasteiger partial charge in [-0.1, -0.05) is 36.4 Å². The van der Waals surface area contributed by atoms with Crippen LogP contribution in [0.25, 0.3) is 11.0 Å². The molecule has 0 radical (unpaired) electrons. The number of benzene rings is 2. The molecule has 2 aromatic carbocycles. The van der Waals surface area contributed by atoms with Gasteiger partial charge in [0.1, 0.15) is 6.33 Å². The number of amides is 2. The van der Waals surface area contributed by atoms with E-state index < -0.39 is 0 Å². The summed E-state index contributed by atoms with van der Waals surface area (Å²) in [4.78, 5) is 16.5. The molecule has 0 saturated heterocycles. The number of hydrogen-bond donors (Lipinski definition) is 2. The van der Waals surface area contributed by atoms with E-state index in [-0.39, 0.29) is 12.1 Å². The van der Waals surface area contributed by atoms with Gasteiger partial charge in [-0.25, -0.2) is 19.9 Å². The van der Waals surface area contributed by atoms with Crippen LogP contribution in [0.2, 0.25) is 0 Å². The van der Waals surface area contributed by atoms with Crippen LogP contribution in [0.4, 0.5) is 4.79 Å². The minimum atomic E-state index is -0.218. The Morgan fingerprint density at radius 3 is 2.91 bits per heavy atom. The number of aryl methyl sites for hydroxylation is 1. The van der Waals surface area contributed by atoms with Crippen molar-refractivity contribution in [2.45, 2.75) is 18.9 Å². The molecule has 1 aliphatic carbocycles. The molecule has 1 atom stereocenters. The molecule has 0 saturated carbocycles. The molecular formula is C17H16N4O. The molecule has 5 nitrogen and oxygen atoms in total. The van der Waals surface area contributed by atoms with Gasteiger partial charge in [-0.15, -0.1) is 0 Å². The van der Waals surface area contributed by atoms with Crippen molar-refractivity contribution in [3.63, 3.8) is 0 Å². The van der Waals surface area contributed by atoms with Gasteiger partial charge in [0, 0.05) is 0 Å². The van der Waals surface area contributed by atoms with Crippen LogP contribution in [0.1, 0.15) is 23.6 Å². The lowest BCUT2D eigenvalue weighted by Gasteiger charge is -2.15. The zero-order valence-electron chi connectivity index (χ0n) is 12.0. The first-order chi connectivity index (χ1) is 10.8. The number of para-hydroxylation sites is 2. The molecule has 0 spiro atoms. The smallest absolute Gasteiger partial charge is 0.330 e. The summed E-state index contributed by atoms with van der Waals surface area (Å²) in [7, 11) is 0.